The first-order valence-corrected chi connectivity index (χ1v) is 16.8. The van der Waals surface area contributed by atoms with Crippen LogP contribution in [0.1, 0.15) is 117 Å². The molecule has 0 rings (SSSR count). The fourth-order valence-electron chi connectivity index (χ4n) is 3.94. The molecule has 0 aliphatic heterocycles. The number of hydrogen-bond acceptors (Lipinski definition) is 4. The topological polar surface area (TPSA) is 55.8 Å². The zero-order chi connectivity index (χ0) is 25.5. The molecule has 0 radical (unpaired) electrons. The third kappa shape index (κ3) is 25.5. The number of rotatable bonds is 26. The van der Waals surface area contributed by atoms with Gasteiger partial charge in [0.25, 0.3) is 0 Å². The van der Waals surface area contributed by atoms with Crippen molar-refractivity contribution in [3.63, 3.8) is 0 Å². The molecule has 0 fully saturated rings. The summed E-state index contributed by atoms with van der Waals surface area (Å²) in [5.74, 6) is 2.48. The van der Waals surface area contributed by atoms with E-state index in [1.165, 1.54) is 95.6 Å². The van der Waals surface area contributed by atoms with Crippen molar-refractivity contribution in [1.29, 1.82) is 0 Å². The van der Waals surface area contributed by atoms with Gasteiger partial charge < -0.3 is 9.38 Å². The molecule has 0 heterocycles. The minimum atomic E-state index is -3.95. The molecule has 0 aromatic carbocycles. The Morgan fingerprint density at radius 1 is 0.765 bits per heavy atom. The molecule has 5 nitrogen and oxygen atoms in total. The van der Waals surface area contributed by atoms with Crippen LogP contribution in [0.25, 0.3) is 0 Å². The minimum Gasteiger partial charge on any atom is -0.329 e. The molecule has 0 bridgehead atoms. The molecule has 1 N–H and O–H groups in total. The third-order valence-electron chi connectivity index (χ3n) is 6.18. The highest BCUT2D eigenvalue weighted by Gasteiger charge is 2.24. The number of nitrogens with zero attached hydrogens (tertiary/aromatic N) is 1. The van der Waals surface area contributed by atoms with Crippen molar-refractivity contribution in [3.8, 4) is 0 Å². The smallest absolute Gasteiger partial charge is 0.329 e. The maximum Gasteiger partial charge on any atom is 0.472 e. The van der Waals surface area contributed by atoms with E-state index in [1.54, 1.807) is 0 Å². The Bertz CT molecular complexity index is 488. The van der Waals surface area contributed by atoms with Crippen molar-refractivity contribution in [1.82, 2.24) is 0 Å². The van der Waals surface area contributed by atoms with Gasteiger partial charge in [0.2, 0.25) is 0 Å². The van der Waals surface area contributed by atoms with Crippen LogP contribution in [0.2, 0.25) is 0 Å². The Kier molecular flexibility index (Phi) is 22.9. The highest BCUT2D eigenvalue weighted by atomic mass is 32.2. The summed E-state index contributed by atoms with van der Waals surface area (Å²) in [7, 11) is 2.13. The van der Waals surface area contributed by atoms with Gasteiger partial charge in [0.05, 0.1) is 27.7 Å². The van der Waals surface area contributed by atoms with Crippen LogP contribution in [0.15, 0.2) is 0 Å². The van der Waals surface area contributed by atoms with Gasteiger partial charge in [-0.15, -0.1) is 0 Å². The lowest BCUT2D eigenvalue weighted by atomic mass is 10.0. The van der Waals surface area contributed by atoms with Gasteiger partial charge in [-0.2, -0.15) is 11.8 Å². The Morgan fingerprint density at radius 3 is 1.74 bits per heavy atom. The lowest BCUT2D eigenvalue weighted by molar-refractivity contribution is -0.870. The average molecular weight is 525 g/mol. The van der Waals surface area contributed by atoms with E-state index in [0.29, 0.717) is 23.6 Å². The number of quaternary nitrogens is 1. The van der Waals surface area contributed by atoms with Gasteiger partial charge in [-0.05, 0) is 30.3 Å². The maximum atomic E-state index is 12.1. The van der Waals surface area contributed by atoms with E-state index in [-0.39, 0.29) is 6.61 Å². The summed E-state index contributed by atoms with van der Waals surface area (Å²) in [6.07, 6.45) is 21.6. The molecule has 0 aromatic heterocycles. The highest BCUT2D eigenvalue weighted by molar-refractivity contribution is 7.99. The Balaban J connectivity index is 3.65. The number of likely N-dealkylation sites (N-methyl/N-ethyl adjacent to an activating group) is 1. The first-order valence-electron chi connectivity index (χ1n) is 14.2. The van der Waals surface area contributed by atoms with Gasteiger partial charge in [0, 0.05) is 0 Å². The lowest BCUT2D eigenvalue weighted by Gasteiger charge is -2.24. The summed E-state index contributed by atoms with van der Waals surface area (Å²) in [6, 6.07) is 0. The van der Waals surface area contributed by atoms with Crippen molar-refractivity contribution in [2.45, 2.75) is 117 Å². The molecule has 0 aliphatic rings. The van der Waals surface area contributed by atoms with Gasteiger partial charge in [0.1, 0.15) is 13.2 Å². The van der Waals surface area contributed by atoms with Crippen molar-refractivity contribution in [2.75, 3.05) is 52.4 Å². The summed E-state index contributed by atoms with van der Waals surface area (Å²) in [6.45, 7) is 5.63. The standard InChI is InChI=1S/C27H58NO4PS/c1-6-8-9-10-11-12-13-14-15-16-17-18-19-20-24-34-26-27(21-7-2)25-32-33(29,30)31-23-22-28(3,4)5/h27H,6-26H2,1-5H3/p+1. The van der Waals surface area contributed by atoms with E-state index in [2.05, 4.69) is 13.8 Å². The van der Waals surface area contributed by atoms with Crippen molar-refractivity contribution >= 4 is 19.6 Å². The summed E-state index contributed by atoms with van der Waals surface area (Å²) in [5.41, 5.74) is 0. The number of phosphoric acid groups is 1. The Labute approximate surface area is 217 Å². The molecule has 7 heteroatoms. The molecule has 0 aromatic rings. The predicted molar refractivity (Wildman–Crippen MR) is 151 cm³/mol. The quantitative estimate of drug-likeness (QED) is 0.0699. The summed E-state index contributed by atoms with van der Waals surface area (Å²) in [4.78, 5) is 9.94. The minimum absolute atomic E-state index is 0.226. The second-order valence-corrected chi connectivity index (χ2v) is 13.5. The first kappa shape index (κ1) is 34.4. The highest BCUT2D eigenvalue weighted by Crippen LogP contribution is 2.43. The summed E-state index contributed by atoms with van der Waals surface area (Å²) < 4.78 is 23.3. The molecular formula is C27H59NO4PS+. The molecule has 2 unspecified atom stereocenters. The van der Waals surface area contributed by atoms with E-state index >= 15 is 0 Å². The average Bonchev–Trinajstić information content (AvgIpc) is 2.76. The van der Waals surface area contributed by atoms with E-state index < -0.39 is 7.82 Å². The molecule has 0 aliphatic carbocycles. The molecule has 0 saturated heterocycles. The van der Waals surface area contributed by atoms with Crippen molar-refractivity contribution < 1.29 is 23.0 Å². The first-order chi connectivity index (χ1) is 16.2. The zero-order valence-corrected chi connectivity index (χ0v) is 25.1. The predicted octanol–water partition coefficient (Wildman–Crippen LogP) is 8.46. The fraction of sp³-hybridized carbons (Fsp3) is 1.00. The van der Waals surface area contributed by atoms with Crippen LogP contribution in [0, 0.1) is 5.92 Å². The monoisotopic (exact) mass is 524 g/mol. The number of phosphoric ester groups is 1. The third-order valence-corrected chi connectivity index (χ3v) is 8.45. The van der Waals surface area contributed by atoms with Gasteiger partial charge >= 0.3 is 7.82 Å². The molecule has 0 amide bonds. The van der Waals surface area contributed by atoms with Crippen LogP contribution >= 0.6 is 19.6 Å². The fourth-order valence-corrected chi connectivity index (χ4v) is 5.90. The van der Waals surface area contributed by atoms with E-state index in [1.807, 2.05) is 32.9 Å². The van der Waals surface area contributed by atoms with Crippen molar-refractivity contribution in [2.24, 2.45) is 5.92 Å². The van der Waals surface area contributed by atoms with Crippen LogP contribution in [-0.4, -0.2) is 61.8 Å². The van der Waals surface area contributed by atoms with E-state index in [9.17, 15) is 9.46 Å². The molecular weight excluding hydrogens is 465 g/mol. The second kappa shape index (κ2) is 22.6. The van der Waals surface area contributed by atoms with Crippen LogP contribution in [-0.2, 0) is 13.6 Å². The maximum absolute atomic E-state index is 12.1. The second-order valence-electron chi connectivity index (χ2n) is 10.9. The molecule has 2 atom stereocenters. The SMILES string of the molecule is CCCCCCCCCCCCCCCCSCC(CCC)COP(=O)(O)OCC[N+](C)(C)C. The van der Waals surface area contributed by atoms with Crippen LogP contribution in [0.5, 0.6) is 0 Å². The largest absolute Gasteiger partial charge is 0.472 e. The van der Waals surface area contributed by atoms with Crippen LogP contribution in [0.3, 0.4) is 0 Å². The Hall–Kier alpha value is 0.420. The van der Waals surface area contributed by atoms with Crippen LogP contribution < -0.4 is 0 Å². The zero-order valence-electron chi connectivity index (χ0n) is 23.4. The van der Waals surface area contributed by atoms with Gasteiger partial charge in [0.15, 0.2) is 0 Å². The van der Waals surface area contributed by atoms with Crippen LogP contribution in [0.4, 0.5) is 0 Å². The summed E-state index contributed by atoms with van der Waals surface area (Å²) in [5, 5.41) is 0. The van der Waals surface area contributed by atoms with Gasteiger partial charge in [-0.3, -0.25) is 9.05 Å². The van der Waals surface area contributed by atoms with E-state index in [0.717, 1.165) is 18.6 Å². The molecule has 0 spiro atoms. The normalized spacial score (nSPS) is 14.9. The number of thioether (sulfide) groups is 1. The van der Waals surface area contributed by atoms with Gasteiger partial charge in [-0.25, -0.2) is 4.57 Å². The van der Waals surface area contributed by atoms with Crippen molar-refractivity contribution in [3.05, 3.63) is 0 Å². The molecule has 0 saturated carbocycles. The lowest BCUT2D eigenvalue weighted by Crippen LogP contribution is -2.37. The number of unbranched alkanes of at least 4 members (excludes halogenated alkanes) is 13. The molecule has 34 heavy (non-hydrogen) atoms. The summed E-state index contributed by atoms with van der Waals surface area (Å²) >= 11 is 1.96. The number of hydrogen-bond donors (Lipinski definition) is 1. The molecule has 206 valence electrons. The van der Waals surface area contributed by atoms with Gasteiger partial charge in [-0.1, -0.05) is 104 Å². The Morgan fingerprint density at radius 2 is 1.26 bits per heavy atom. The van der Waals surface area contributed by atoms with E-state index in [4.69, 9.17) is 9.05 Å².